The molecule has 1 rings (SSSR count). The van der Waals surface area contributed by atoms with E-state index in [0.717, 1.165) is 32.6 Å². The van der Waals surface area contributed by atoms with Crippen molar-refractivity contribution in [3.8, 4) is 0 Å². The molecule has 0 bridgehead atoms. The number of hydrogen-bond donors (Lipinski definition) is 1. The minimum absolute atomic E-state index is 0.702. The van der Waals surface area contributed by atoms with Crippen LogP contribution in [0.4, 0.5) is 0 Å². The molecule has 2 heteroatoms. The van der Waals surface area contributed by atoms with Gasteiger partial charge in [-0.05, 0) is 50.4 Å². The van der Waals surface area contributed by atoms with Gasteiger partial charge in [0.1, 0.15) is 0 Å². The molecule has 1 aromatic rings. The van der Waals surface area contributed by atoms with Crippen molar-refractivity contribution in [2.45, 2.75) is 40.7 Å². The van der Waals surface area contributed by atoms with Gasteiger partial charge in [-0.2, -0.15) is 0 Å². The largest absolute Gasteiger partial charge is 0.330 e. The number of nitrogens with zero attached hydrogens (tertiary/aromatic N) is 1. The molecule has 0 saturated carbocycles. The molecular weight excluding hydrogens is 220 g/mol. The normalized spacial score (nSPS) is 11.5. The van der Waals surface area contributed by atoms with Crippen molar-refractivity contribution in [3.63, 3.8) is 0 Å². The molecule has 0 radical (unpaired) electrons. The maximum absolute atomic E-state index is 5.63. The fraction of sp³-hybridized carbons (Fsp3) is 0.625. The highest BCUT2D eigenvalue weighted by atomic mass is 15.1. The van der Waals surface area contributed by atoms with Gasteiger partial charge in [-0.15, -0.1) is 0 Å². The van der Waals surface area contributed by atoms with E-state index in [9.17, 15) is 0 Å². The summed E-state index contributed by atoms with van der Waals surface area (Å²) < 4.78 is 0. The minimum atomic E-state index is 0.702. The van der Waals surface area contributed by atoms with Crippen molar-refractivity contribution in [2.24, 2.45) is 11.7 Å². The van der Waals surface area contributed by atoms with Gasteiger partial charge in [0.2, 0.25) is 0 Å². The van der Waals surface area contributed by atoms with Crippen LogP contribution in [0.3, 0.4) is 0 Å². The van der Waals surface area contributed by atoms with Gasteiger partial charge in [0.05, 0.1) is 0 Å². The van der Waals surface area contributed by atoms with Crippen molar-refractivity contribution < 1.29 is 0 Å². The Morgan fingerprint density at radius 1 is 1.22 bits per heavy atom. The second-order valence-corrected chi connectivity index (χ2v) is 5.70. The molecule has 0 aliphatic carbocycles. The SMILES string of the molecule is Cc1ccc(C)c(CN(CCCN)CC(C)C)c1. The van der Waals surface area contributed by atoms with Crippen molar-refractivity contribution in [1.29, 1.82) is 0 Å². The van der Waals surface area contributed by atoms with Crippen LogP contribution in [0.1, 0.15) is 37.0 Å². The van der Waals surface area contributed by atoms with E-state index in [4.69, 9.17) is 5.73 Å². The topological polar surface area (TPSA) is 29.3 Å². The Morgan fingerprint density at radius 2 is 1.94 bits per heavy atom. The van der Waals surface area contributed by atoms with Crippen LogP contribution in [0, 0.1) is 19.8 Å². The molecule has 0 unspecified atom stereocenters. The molecule has 1 aromatic carbocycles. The first-order valence-corrected chi connectivity index (χ1v) is 7.01. The van der Waals surface area contributed by atoms with E-state index in [0.29, 0.717) is 5.92 Å². The van der Waals surface area contributed by atoms with Crippen molar-refractivity contribution in [1.82, 2.24) is 4.90 Å². The lowest BCUT2D eigenvalue weighted by atomic mass is 10.0. The summed E-state index contributed by atoms with van der Waals surface area (Å²) >= 11 is 0. The molecule has 0 spiro atoms. The predicted molar refractivity (Wildman–Crippen MR) is 79.7 cm³/mol. The Kier molecular flexibility index (Phi) is 6.37. The molecule has 2 N–H and O–H groups in total. The molecular formula is C16H28N2. The van der Waals surface area contributed by atoms with Crippen LogP contribution in [0.25, 0.3) is 0 Å². The summed E-state index contributed by atoms with van der Waals surface area (Å²) in [6, 6.07) is 6.72. The highest BCUT2D eigenvalue weighted by Gasteiger charge is 2.09. The quantitative estimate of drug-likeness (QED) is 0.803. The summed E-state index contributed by atoms with van der Waals surface area (Å²) in [6.07, 6.45) is 1.08. The Morgan fingerprint density at radius 3 is 2.56 bits per heavy atom. The van der Waals surface area contributed by atoms with Crippen molar-refractivity contribution >= 4 is 0 Å². The Labute approximate surface area is 112 Å². The lowest BCUT2D eigenvalue weighted by Gasteiger charge is -2.25. The monoisotopic (exact) mass is 248 g/mol. The van der Waals surface area contributed by atoms with E-state index >= 15 is 0 Å². The lowest BCUT2D eigenvalue weighted by Crippen LogP contribution is -2.30. The van der Waals surface area contributed by atoms with E-state index in [2.05, 4.69) is 50.8 Å². The summed E-state index contributed by atoms with van der Waals surface area (Å²) in [5.74, 6) is 0.702. The minimum Gasteiger partial charge on any atom is -0.330 e. The fourth-order valence-corrected chi connectivity index (χ4v) is 2.28. The van der Waals surface area contributed by atoms with E-state index in [1.54, 1.807) is 0 Å². The lowest BCUT2D eigenvalue weighted by molar-refractivity contribution is 0.234. The standard InChI is InChI=1S/C16H28N2/c1-13(2)11-18(9-5-8-17)12-16-10-14(3)6-7-15(16)4/h6-7,10,13H,5,8-9,11-12,17H2,1-4H3. The number of rotatable bonds is 7. The van der Waals surface area contributed by atoms with E-state index in [-0.39, 0.29) is 0 Å². The van der Waals surface area contributed by atoms with Crippen LogP contribution in [-0.4, -0.2) is 24.5 Å². The van der Waals surface area contributed by atoms with E-state index < -0.39 is 0 Å². The molecule has 0 aliphatic heterocycles. The summed E-state index contributed by atoms with van der Waals surface area (Å²) in [7, 11) is 0. The number of aryl methyl sites for hydroxylation is 2. The second-order valence-electron chi connectivity index (χ2n) is 5.70. The maximum Gasteiger partial charge on any atom is 0.0236 e. The van der Waals surface area contributed by atoms with E-state index in [1.807, 2.05) is 0 Å². The number of hydrogen-bond acceptors (Lipinski definition) is 2. The van der Waals surface area contributed by atoms with Gasteiger partial charge in [-0.25, -0.2) is 0 Å². The molecule has 0 saturated heterocycles. The number of benzene rings is 1. The van der Waals surface area contributed by atoms with Crippen LogP contribution >= 0.6 is 0 Å². The molecule has 0 amide bonds. The van der Waals surface area contributed by atoms with Gasteiger partial charge in [0, 0.05) is 13.1 Å². The Balaban J connectivity index is 2.71. The van der Waals surface area contributed by atoms with Gasteiger partial charge in [-0.3, -0.25) is 4.90 Å². The van der Waals surface area contributed by atoms with Crippen LogP contribution in [0.2, 0.25) is 0 Å². The predicted octanol–water partition coefficient (Wildman–Crippen LogP) is 3.11. The van der Waals surface area contributed by atoms with Crippen molar-refractivity contribution in [2.75, 3.05) is 19.6 Å². The van der Waals surface area contributed by atoms with Gasteiger partial charge in [-0.1, -0.05) is 37.6 Å². The molecule has 0 fully saturated rings. The fourth-order valence-electron chi connectivity index (χ4n) is 2.28. The van der Waals surface area contributed by atoms with Gasteiger partial charge in [0.15, 0.2) is 0 Å². The average Bonchev–Trinajstić information content (AvgIpc) is 2.30. The second kappa shape index (κ2) is 7.55. The third kappa shape index (κ3) is 5.19. The molecule has 0 atom stereocenters. The Bertz CT molecular complexity index is 358. The zero-order valence-corrected chi connectivity index (χ0v) is 12.4. The highest BCUT2D eigenvalue weighted by Crippen LogP contribution is 2.14. The molecule has 0 aromatic heterocycles. The zero-order chi connectivity index (χ0) is 13.5. The van der Waals surface area contributed by atoms with Gasteiger partial charge >= 0.3 is 0 Å². The van der Waals surface area contributed by atoms with Crippen LogP contribution in [-0.2, 0) is 6.54 Å². The smallest absolute Gasteiger partial charge is 0.0236 e. The highest BCUT2D eigenvalue weighted by molar-refractivity contribution is 5.30. The van der Waals surface area contributed by atoms with Gasteiger partial charge < -0.3 is 5.73 Å². The summed E-state index contributed by atoms with van der Waals surface area (Å²) in [5, 5.41) is 0. The summed E-state index contributed by atoms with van der Waals surface area (Å²) in [6.45, 7) is 13.0. The summed E-state index contributed by atoms with van der Waals surface area (Å²) in [5.41, 5.74) is 9.82. The third-order valence-electron chi connectivity index (χ3n) is 3.20. The first kappa shape index (κ1) is 15.2. The maximum atomic E-state index is 5.63. The molecule has 18 heavy (non-hydrogen) atoms. The number of nitrogens with two attached hydrogens (primary N) is 1. The average molecular weight is 248 g/mol. The van der Waals surface area contributed by atoms with Gasteiger partial charge in [0.25, 0.3) is 0 Å². The third-order valence-corrected chi connectivity index (χ3v) is 3.20. The van der Waals surface area contributed by atoms with E-state index in [1.165, 1.54) is 16.7 Å². The van der Waals surface area contributed by atoms with Crippen LogP contribution < -0.4 is 5.73 Å². The Hall–Kier alpha value is -0.860. The first-order valence-electron chi connectivity index (χ1n) is 7.01. The molecule has 0 heterocycles. The van der Waals surface area contributed by atoms with Crippen LogP contribution in [0.5, 0.6) is 0 Å². The zero-order valence-electron chi connectivity index (χ0n) is 12.4. The van der Waals surface area contributed by atoms with Crippen LogP contribution in [0.15, 0.2) is 18.2 Å². The molecule has 2 nitrogen and oxygen atoms in total. The molecule has 0 aliphatic rings. The van der Waals surface area contributed by atoms with Crippen molar-refractivity contribution in [3.05, 3.63) is 34.9 Å². The first-order chi connectivity index (χ1) is 8.52. The summed E-state index contributed by atoms with van der Waals surface area (Å²) in [4.78, 5) is 2.53. The molecule has 102 valence electrons.